The molecule has 5 rings (SSSR count). The lowest BCUT2D eigenvalue weighted by molar-refractivity contribution is -0.152. The molecule has 6 heteroatoms. The predicted octanol–water partition coefficient (Wildman–Crippen LogP) is 3.09. The van der Waals surface area contributed by atoms with Gasteiger partial charge in [-0.25, -0.2) is 0 Å². The smallest absolute Gasteiger partial charge is 0.323 e. The number of nitrogens with one attached hydrogen (secondary N) is 2. The van der Waals surface area contributed by atoms with E-state index in [2.05, 4.69) is 57.7 Å². The third-order valence-electron chi connectivity index (χ3n) is 6.87. The summed E-state index contributed by atoms with van der Waals surface area (Å²) in [5.41, 5.74) is 4.75. The third-order valence-corrected chi connectivity index (χ3v) is 6.87. The number of methoxy groups -OCH3 is 1. The van der Waals surface area contributed by atoms with Crippen LogP contribution in [0.3, 0.4) is 0 Å². The van der Waals surface area contributed by atoms with Crippen molar-refractivity contribution in [2.24, 2.45) is 0 Å². The lowest BCUT2D eigenvalue weighted by Crippen LogP contribution is -2.55. The quantitative estimate of drug-likeness (QED) is 0.554. The average Bonchev–Trinajstić information content (AvgIpc) is 3.20. The van der Waals surface area contributed by atoms with E-state index < -0.39 is 0 Å². The van der Waals surface area contributed by atoms with Gasteiger partial charge in [0.2, 0.25) is 0 Å². The van der Waals surface area contributed by atoms with Crippen LogP contribution in [0.1, 0.15) is 41.7 Å². The second kappa shape index (κ2) is 8.46. The molecule has 0 aliphatic carbocycles. The molecule has 1 fully saturated rings. The van der Waals surface area contributed by atoms with E-state index in [9.17, 15) is 9.90 Å². The Balaban J connectivity index is 1.64. The zero-order valence-electron chi connectivity index (χ0n) is 17.8. The van der Waals surface area contributed by atoms with Gasteiger partial charge < -0.3 is 20.1 Å². The van der Waals surface area contributed by atoms with Crippen LogP contribution in [0.25, 0.3) is 10.9 Å². The number of ether oxygens (including phenoxy) is 1. The highest BCUT2D eigenvalue weighted by Crippen LogP contribution is 2.48. The minimum Gasteiger partial charge on any atom is -0.468 e. The number of carbonyl (C=O) groups is 1. The molecule has 162 valence electrons. The largest absolute Gasteiger partial charge is 0.468 e. The van der Waals surface area contributed by atoms with Crippen molar-refractivity contribution in [1.82, 2.24) is 15.2 Å². The highest BCUT2D eigenvalue weighted by atomic mass is 16.5. The minimum absolute atomic E-state index is 0.0652. The molecule has 3 N–H and O–H groups in total. The molecule has 3 aromatic rings. The number of H-pyrrole nitrogens is 1. The first-order chi connectivity index (χ1) is 15.2. The maximum atomic E-state index is 13.0. The first kappa shape index (κ1) is 20.2. The Bertz CT molecular complexity index is 1060. The van der Waals surface area contributed by atoms with E-state index in [0.29, 0.717) is 13.0 Å². The van der Waals surface area contributed by atoms with E-state index in [0.717, 1.165) is 18.4 Å². The Hall–Kier alpha value is -2.67. The summed E-state index contributed by atoms with van der Waals surface area (Å²) in [5, 5.41) is 14.1. The first-order valence-corrected chi connectivity index (χ1v) is 11.0. The predicted molar refractivity (Wildman–Crippen MR) is 120 cm³/mol. The van der Waals surface area contributed by atoms with Gasteiger partial charge in [0.1, 0.15) is 6.04 Å². The van der Waals surface area contributed by atoms with Crippen molar-refractivity contribution in [2.45, 2.75) is 43.4 Å². The molecule has 1 aromatic heterocycles. The molecular weight excluding hydrogens is 390 g/mol. The lowest BCUT2D eigenvalue weighted by Gasteiger charge is -2.50. The Kier molecular flexibility index (Phi) is 5.52. The molecule has 4 unspecified atom stereocenters. The zero-order chi connectivity index (χ0) is 21.4. The standard InChI is InChI=1S/C25H29N3O3/c1-31-25(30)23-15-19-18-9-5-6-10-20(18)27-24(19)22-14-17(26-11-12-29)13-21(28(22)23)16-7-3-2-4-8-16/h2-10,17,21-23,26-27,29H,11-15H2,1H3. The topological polar surface area (TPSA) is 77.6 Å². The number of hydrogen-bond acceptors (Lipinski definition) is 5. The van der Waals surface area contributed by atoms with Crippen LogP contribution in [0.15, 0.2) is 54.6 Å². The Morgan fingerprint density at radius 1 is 1.13 bits per heavy atom. The van der Waals surface area contributed by atoms with Crippen LogP contribution in [0.2, 0.25) is 0 Å². The molecule has 3 heterocycles. The molecule has 0 radical (unpaired) electrons. The van der Waals surface area contributed by atoms with Crippen LogP contribution >= 0.6 is 0 Å². The molecule has 0 spiro atoms. The molecule has 4 atom stereocenters. The van der Waals surface area contributed by atoms with Crippen LogP contribution in [0.4, 0.5) is 0 Å². The van der Waals surface area contributed by atoms with E-state index in [1.54, 1.807) is 0 Å². The van der Waals surface area contributed by atoms with Gasteiger partial charge in [-0.2, -0.15) is 0 Å². The number of nitrogens with zero attached hydrogens (tertiary/aromatic N) is 1. The monoisotopic (exact) mass is 419 g/mol. The summed E-state index contributed by atoms with van der Waals surface area (Å²) in [4.78, 5) is 19.0. The number of fused-ring (bicyclic) bond motifs is 5. The fraction of sp³-hybridized carbons (Fsp3) is 0.400. The van der Waals surface area contributed by atoms with Gasteiger partial charge in [0.15, 0.2) is 0 Å². The molecule has 31 heavy (non-hydrogen) atoms. The van der Waals surface area contributed by atoms with Crippen LogP contribution < -0.4 is 5.32 Å². The number of para-hydroxylation sites is 1. The van der Waals surface area contributed by atoms with Gasteiger partial charge in [0.25, 0.3) is 0 Å². The van der Waals surface area contributed by atoms with Gasteiger partial charge >= 0.3 is 5.97 Å². The number of aliphatic hydroxyl groups excluding tert-OH is 1. The minimum atomic E-state index is -0.328. The van der Waals surface area contributed by atoms with Crippen molar-refractivity contribution < 1.29 is 14.6 Å². The molecular formula is C25H29N3O3. The van der Waals surface area contributed by atoms with Crippen molar-refractivity contribution in [3.8, 4) is 0 Å². The molecule has 1 saturated heterocycles. The molecule has 2 aliphatic rings. The Morgan fingerprint density at radius 3 is 2.65 bits per heavy atom. The third kappa shape index (κ3) is 3.55. The summed E-state index contributed by atoms with van der Waals surface area (Å²) in [6.45, 7) is 0.683. The zero-order valence-corrected chi connectivity index (χ0v) is 17.8. The van der Waals surface area contributed by atoms with Gasteiger partial charge in [-0.1, -0.05) is 48.5 Å². The Labute approximate surface area is 182 Å². The SMILES string of the molecule is COC(=O)C1Cc2c([nH]c3ccccc23)C2CC(NCCO)CC(c3ccccc3)N12. The van der Waals surface area contributed by atoms with Crippen molar-refractivity contribution >= 4 is 16.9 Å². The molecule has 2 aliphatic heterocycles. The number of carbonyl (C=O) groups excluding carboxylic acids is 1. The summed E-state index contributed by atoms with van der Waals surface area (Å²) in [6, 6.07) is 18.8. The maximum absolute atomic E-state index is 13.0. The molecule has 2 aromatic carbocycles. The number of hydrogen-bond donors (Lipinski definition) is 3. The van der Waals surface area contributed by atoms with Crippen LogP contribution in [0.5, 0.6) is 0 Å². The van der Waals surface area contributed by atoms with Gasteiger partial charge in [-0.15, -0.1) is 0 Å². The molecule has 0 bridgehead atoms. The van der Waals surface area contributed by atoms with E-state index in [-0.39, 0.29) is 36.7 Å². The maximum Gasteiger partial charge on any atom is 0.323 e. The van der Waals surface area contributed by atoms with E-state index in [1.165, 1.54) is 29.3 Å². The lowest BCUT2D eigenvalue weighted by atomic mass is 9.79. The van der Waals surface area contributed by atoms with Gasteiger partial charge in [0, 0.05) is 41.6 Å². The first-order valence-electron chi connectivity index (χ1n) is 11.0. The second-order valence-corrected chi connectivity index (χ2v) is 8.54. The number of aliphatic hydroxyl groups is 1. The summed E-state index contributed by atoms with van der Waals surface area (Å²) < 4.78 is 5.28. The summed E-state index contributed by atoms with van der Waals surface area (Å²) in [5.74, 6) is -0.177. The highest BCUT2D eigenvalue weighted by Gasteiger charge is 2.48. The second-order valence-electron chi connectivity index (χ2n) is 8.54. The number of benzene rings is 2. The van der Waals surface area contributed by atoms with Crippen LogP contribution in [-0.4, -0.2) is 53.3 Å². The Morgan fingerprint density at radius 2 is 1.87 bits per heavy atom. The fourth-order valence-electron chi connectivity index (χ4n) is 5.58. The number of piperidine rings is 1. The molecule has 0 amide bonds. The van der Waals surface area contributed by atoms with Crippen molar-refractivity contribution in [3.05, 3.63) is 71.4 Å². The van der Waals surface area contributed by atoms with Crippen LogP contribution in [0, 0.1) is 0 Å². The van der Waals surface area contributed by atoms with Crippen LogP contribution in [-0.2, 0) is 16.0 Å². The van der Waals surface area contributed by atoms with Gasteiger partial charge in [-0.3, -0.25) is 9.69 Å². The number of rotatable bonds is 5. The van der Waals surface area contributed by atoms with E-state index in [1.807, 2.05) is 12.1 Å². The summed E-state index contributed by atoms with van der Waals surface area (Å²) in [7, 11) is 1.48. The number of aromatic nitrogens is 1. The summed E-state index contributed by atoms with van der Waals surface area (Å²) in [6.07, 6.45) is 2.39. The molecule has 0 saturated carbocycles. The van der Waals surface area contributed by atoms with E-state index >= 15 is 0 Å². The van der Waals surface area contributed by atoms with Crippen molar-refractivity contribution in [3.63, 3.8) is 0 Å². The fourth-order valence-corrected chi connectivity index (χ4v) is 5.58. The van der Waals surface area contributed by atoms with Crippen molar-refractivity contribution in [2.75, 3.05) is 20.3 Å². The molecule has 6 nitrogen and oxygen atoms in total. The van der Waals surface area contributed by atoms with E-state index in [4.69, 9.17) is 4.74 Å². The van der Waals surface area contributed by atoms with Crippen molar-refractivity contribution in [1.29, 1.82) is 0 Å². The normalized spacial score (nSPS) is 25.7. The number of aromatic amines is 1. The van der Waals surface area contributed by atoms with Gasteiger partial charge in [-0.05, 0) is 30.0 Å². The summed E-state index contributed by atoms with van der Waals surface area (Å²) >= 11 is 0. The highest BCUT2D eigenvalue weighted by molar-refractivity contribution is 5.87. The number of esters is 1. The average molecular weight is 420 g/mol. The van der Waals surface area contributed by atoms with Gasteiger partial charge in [0.05, 0.1) is 19.8 Å².